The lowest BCUT2D eigenvalue weighted by Crippen LogP contribution is -2.38. The maximum atomic E-state index is 12.4. The fraction of sp³-hybridized carbons (Fsp3) is 0.294. The van der Waals surface area contributed by atoms with Gasteiger partial charge in [-0.05, 0) is 24.1 Å². The van der Waals surface area contributed by atoms with E-state index in [0.29, 0.717) is 25.4 Å². The van der Waals surface area contributed by atoms with Gasteiger partial charge in [0, 0.05) is 36.9 Å². The van der Waals surface area contributed by atoms with E-state index in [-0.39, 0.29) is 5.91 Å². The molecule has 0 radical (unpaired) electrons. The molecule has 4 nitrogen and oxygen atoms in total. The lowest BCUT2D eigenvalue weighted by atomic mass is 10.1. The first-order chi connectivity index (χ1) is 10.8. The molecule has 0 aliphatic rings. The van der Waals surface area contributed by atoms with Gasteiger partial charge in [-0.1, -0.05) is 30.3 Å². The second-order valence-corrected chi connectivity index (χ2v) is 5.93. The largest absolute Gasteiger partial charge is 0.340 e. The van der Waals surface area contributed by atoms with Crippen molar-refractivity contribution in [3.05, 3.63) is 60.4 Å². The second kappa shape index (κ2) is 9.23. The Morgan fingerprint density at radius 2 is 1.82 bits per heavy atom. The minimum absolute atomic E-state index is 0.128. The van der Waals surface area contributed by atoms with Crippen molar-refractivity contribution in [3.8, 4) is 0 Å². The first kappa shape index (κ1) is 16.5. The van der Waals surface area contributed by atoms with E-state index in [1.54, 1.807) is 12.4 Å². The highest BCUT2D eigenvalue weighted by Gasteiger charge is 2.13. The number of amides is 1. The van der Waals surface area contributed by atoms with Crippen LogP contribution in [0.2, 0.25) is 0 Å². The zero-order chi connectivity index (χ0) is 15.6. The normalized spacial score (nSPS) is 10.4. The van der Waals surface area contributed by atoms with Gasteiger partial charge < -0.3 is 10.6 Å². The Morgan fingerprint density at radius 1 is 1.09 bits per heavy atom. The fourth-order valence-corrected chi connectivity index (χ4v) is 2.88. The Bertz CT molecular complexity index is 563. The monoisotopic (exact) mass is 315 g/mol. The molecule has 22 heavy (non-hydrogen) atoms. The summed E-state index contributed by atoms with van der Waals surface area (Å²) < 4.78 is 0. The van der Waals surface area contributed by atoms with E-state index in [1.165, 1.54) is 17.3 Å². The van der Waals surface area contributed by atoms with Crippen LogP contribution in [0.3, 0.4) is 0 Å². The highest BCUT2D eigenvalue weighted by molar-refractivity contribution is 8.00. The van der Waals surface area contributed by atoms with Crippen molar-refractivity contribution in [2.75, 3.05) is 25.4 Å². The number of rotatable bonds is 8. The number of pyridine rings is 1. The Hall–Kier alpha value is -1.85. The number of aromatic nitrogens is 1. The molecule has 0 aliphatic carbocycles. The molecule has 116 valence electrons. The first-order valence-corrected chi connectivity index (χ1v) is 8.33. The number of carbonyl (C=O) groups is 1. The molecule has 2 rings (SSSR count). The highest BCUT2D eigenvalue weighted by atomic mass is 32.2. The number of hydrogen-bond acceptors (Lipinski definition) is 4. The molecule has 0 spiro atoms. The summed E-state index contributed by atoms with van der Waals surface area (Å²) in [6.45, 7) is 1.79. The van der Waals surface area contributed by atoms with Crippen LogP contribution in [0.4, 0.5) is 0 Å². The second-order valence-electron chi connectivity index (χ2n) is 4.88. The summed E-state index contributed by atoms with van der Waals surface area (Å²) >= 11 is 1.53. The molecular weight excluding hydrogens is 294 g/mol. The lowest BCUT2D eigenvalue weighted by molar-refractivity contribution is -0.128. The molecule has 0 unspecified atom stereocenters. The SMILES string of the molecule is NCCN(CCc1ccccc1)C(=O)CSc1ccncc1. The van der Waals surface area contributed by atoms with Gasteiger partial charge in [-0.2, -0.15) is 0 Å². The average molecular weight is 315 g/mol. The van der Waals surface area contributed by atoms with Crippen molar-refractivity contribution in [3.63, 3.8) is 0 Å². The van der Waals surface area contributed by atoms with Crippen molar-refractivity contribution in [1.29, 1.82) is 0 Å². The van der Waals surface area contributed by atoms with Crippen LogP contribution >= 0.6 is 11.8 Å². The van der Waals surface area contributed by atoms with Gasteiger partial charge in [0.05, 0.1) is 5.75 Å². The molecule has 0 fully saturated rings. The minimum atomic E-state index is 0.128. The summed E-state index contributed by atoms with van der Waals surface area (Å²) in [7, 11) is 0. The van der Waals surface area contributed by atoms with Gasteiger partial charge in [-0.15, -0.1) is 11.8 Å². The van der Waals surface area contributed by atoms with Crippen molar-refractivity contribution in [2.24, 2.45) is 5.73 Å². The Labute approximate surface area is 135 Å². The molecule has 0 atom stereocenters. The minimum Gasteiger partial charge on any atom is -0.340 e. The topological polar surface area (TPSA) is 59.2 Å². The van der Waals surface area contributed by atoms with Crippen LogP contribution in [0.5, 0.6) is 0 Å². The molecule has 1 heterocycles. The van der Waals surface area contributed by atoms with E-state index < -0.39 is 0 Å². The first-order valence-electron chi connectivity index (χ1n) is 7.34. The van der Waals surface area contributed by atoms with Crippen LogP contribution in [-0.4, -0.2) is 41.2 Å². The van der Waals surface area contributed by atoms with Gasteiger partial charge in [-0.3, -0.25) is 9.78 Å². The molecule has 0 bridgehead atoms. The number of thioether (sulfide) groups is 1. The smallest absolute Gasteiger partial charge is 0.232 e. The summed E-state index contributed by atoms with van der Waals surface area (Å²) in [6, 6.07) is 14.0. The van der Waals surface area contributed by atoms with E-state index >= 15 is 0 Å². The Balaban J connectivity index is 1.85. The number of nitrogens with zero attached hydrogens (tertiary/aromatic N) is 2. The third-order valence-electron chi connectivity index (χ3n) is 3.28. The average Bonchev–Trinajstić information content (AvgIpc) is 2.58. The third kappa shape index (κ3) is 5.50. The van der Waals surface area contributed by atoms with Crippen molar-refractivity contribution < 1.29 is 4.79 Å². The van der Waals surface area contributed by atoms with Gasteiger partial charge in [0.2, 0.25) is 5.91 Å². The number of hydrogen-bond donors (Lipinski definition) is 1. The molecule has 0 saturated carbocycles. The lowest BCUT2D eigenvalue weighted by Gasteiger charge is -2.22. The highest BCUT2D eigenvalue weighted by Crippen LogP contribution is 2.16. The Morgan fingerprint density at radius 3 is 2.50 bits per heavy atom. The van der Waals surface area contributed by atoms with E-state index in [2.05, 4.69) is 17.1 Å². The summed E-state index contributed by atoms with van der Waals surface area (Å²) in [5.41, 5.74) is 6.87. The quantitative estimate of drug-likeness (QED) is 0.759. The molecule has 2 N–H and O–H groups in total. The molecule has 2 aromatic rings. The molecule has 1 aromatic carbocycles. The van der Waals surface area contributed by atoms with E-state index in [4.69, 9.17) is 5.73 Å². The number of nitrogens with two attached hydrogens (primary N) is 1. The van der Waals surface area contributed by atoms with Gasteiger partial charge in [-0.25, -0.2) is 0 Å². The maximum Gasteiger partial charge on any atom is 0.232 e. The van der Waals surface area contributed by atoms with Gasteiger partial charge in [0.15, 0.2) is 0 Å². The summed E-state index contributed by atoms with van der Waals surface area (Å²) in [6.07, 6.45) is 4.33. The third-order valence-corrected chi connectivity index (χ3v) is 4.27. The summed E-state index contributed by atoms with van der Waals surface area (Å²) in [5, 5.41) is 0. The molecule has 0 aliphatic heterocycles. The van der Waals surface area contributed by atoms with Crippen molar-refractivity contribution in [1.82, 2.24) is 9.88 Å². The summed E-state index contributed by atoms with van der Waals surface area (Å²) in [4.78, 5) is 19.2. The zero-order valence-corrected chi connectivity index (χ0v) is 13.3. The van der Waals surface area contributed by atoms with Gasteiger partial charge >= 0.3 is 0 Å². The molecule has 0 saturated heterocycles. The van der Waals surface area contributed by atoms with Gasteiger partial charge in [0.25, 0.3) is 0 Å². The predicted molar refractivity (Wildman–Crippen MR) is 90.7 cm³/mol. The molecule has 1 amide bonds. The predicted octanol–water partition coefficient (Wildman–Crippen LogP) is 2.20. The molecule has 1 aromatic heterocycles. The van der Waals surface area contributed by atoms with Crippen LogP contribution in [-0.2, 0) is 11.2 Å². The fourth-order valence-electron chi connectivity index (χ4n) is 2.10. The van der Waals surface area contributed by atoms with Crippen LogP contribution < -0.4 is 5.73 Å². The van der Waals surface area contributed by atoms with Crippen LogP contribution in [0.1, 0.15) is 5.56 Å². The van der Waals surface area contributed by atoms with Gasteiger partial charge in [0.1, 0.15) is 0 Å². The zero-order valence-electron chi connectivity index (χ0n) is 12.5. The summed E-state index contributed by atoms with van der Waals surface area (Å²) in [5.74, 6) is 0.557. The van der Waals surface area contributed by atoms with E-state index in [0.717, 1.165) is 11.3 Å². The molecular formula is C17H21N3OS. The van der Waals surface area contributed by atoms with Crippen LogP contribution in [0, 0.1) is 0 Å². The molecule has 5 heteroatoms. The maximum absolute atomic E-state index is 12.4. The number of benzene rings is 1. The van der Waals surface area contributed by atoms with Crippen molar-refractivity contribution >= 4 is 17.7 Å². The number of carbonyl (C=O) groups excluding carboxylic acids is 1. The van der Waals surface area contributed by atoms with E-state index in [9.17, 15) is 4.79 Å². The van der Waals surface area contributed by atoms with Crippen LogP contribution in [0.15, 0.2) is 59.8 Å². The standard InChI is InChI=1S/C17H21N3OS/c18-9-13-20(12-8-15-4-2-1-3-5-15)17(21)14-22-16-6-10-19-11-7-16/h1-7,10-11H,8-9,12-14,18H2. The van der Waals surface area contributed by atoms with E-state index in [1.807, 2.05) is 35.2 Å². The van der Waals surface area contributed by atoms with Crippen molar-refractivity contribution in [2.45, 2.75) is 11.3 Å². The van der Waals surface area contributed by atoms with Crippen LogP contribution in [0.25, 0.3) is 0 Å². The Kier molecular flexibility index (Phi) is 6.93.